The zero-order chi connectivity index (χ0) is 13.8. The molecule has 0 atom stereocenters. The van der Waals surface area contributed by atoms with Crippen LogP contribution >= 0.6 is 12.6 Å². The fourth-order valence-corrected chi connectivity index (χ4v) is 2.07. The lowest BCUT2D eigenvalue weighted by molar-refractivity contribution is -0.136. The number of rotatable bonds is 4. The molecule has 19 heavy (non-hydrogen) atoms. The molecule has 0 heterocycles. The zero-order valence-corrected chi connectivity index (χ0v) is 11.4. The SMILES string of the molecule is Cc1cccc(Nc2ccccc2CC(=O)O)c1S. The van der Waals surface area contributed by atoms with Crippen LogP contribution in [0, 0.1) is 6.92 Å². The number of nitrogens with one attached hydrogen (secondary N) is 1. The van der Waals surface area contributed by atoms with Crippen LogP contribution in [0.4, 0.5) is 11.4 Å². The third-order valence-corrected chi connectivity index (χ3v) is 3.46. The van der Waals surface area contributed by atoms with E-state index in [2.05, 4.69) is 17.9 Å². The van der Waals surface area contributed by atoms with Crippen LogP contribution in [0.2, 0.25) is 0 Å². The molecule has 0 fully saturated rings. The van der Waals surface area contributed by atoms with Gasteiger partial charge in [0.2, 0.25) is 0 Å². The summed E-state index contributed by atoms with van der Waals surface area (Å²) in [7, 11) is 0. The number of hydrogen-bond acceptors (Lipinski definition) is 3. The predicted molar refractivity (Wildman–Crippen MR) is 79.5 cm³/mol. The average Bonchev–Trinajstić information content (AvgIpc) is 2.36. The molecule has 2 rings (SSSR count). The third-order valence-electron chi connectivity index (χ3n) is 2.87. The highest BCUT2D eigenvalue weighted by molar-refractivity contribution is 7.80. The zero-order valence-electron chi connectivity index (χ0n) is 10.6. The number of thiol groups is 1. The van der Waals surface area contributed by atoms with E-state index >= 15 is 0 Å². The number of benzene rings is 2. The van der Waals surface area contributed by atoms with E-state index in [-0.39, 0.29) is 6.42 Å². The Hall–Kier alpha value is -1.94. The molecular weight excluding hydrogens is 258 g/mol. The molecule has 0 spiro atoms. The number of aliphatic carboxylic acids is 1. The van der Waals surface area contributed by atoms with Crippen molar-refractivity contribution in [1.29, 1.82) is 0 Å². The highest BCUT2D eigenvalue weighted by Gasteiger charge is 2.08. The van der Waals surface area contributed by atoms with Crippen LogP contribution in [-0.2, 0) is 11.2 Å². The monoisotopic (exact) mass is 273 g/mol. The van der Waals surface area contributed by atoms with Crippen molar-refractivity contribution in [3.8, 4) is 0 Å². The molecule has 4 heteroatoms. The van der Waals surface area contributed by atoms with Gasteiger partial charge >= 0.3 is 5.97 Å². The van der Waals surface area contributed by atoms with Gasteiger partial charge in [0.25, 0.3) is 0 Å². The van der Waals surface area contributed by atoms with Gasteiger partial charge < -0.3 is 10.4 Å². The molecule has 0 aliphatic heterocycles. The molecule has 2 N–H and O–H groups in total. The number of hydrogen-bond donors (Lipinski definition) is 3. The summed E-state index contributed by atoms with van der Waals surface area (Å²) in [5, 5.41) is 12.2. The first-order chi connectivity index (χ1) is 9.08. The van der Waals surface area contributed by atoms with E-state index in [1.54, 1.807) is 0 Å². The summed E-state index contributed by atoms with van der Waals surface area (Å²) in [5.74, 6) is -0.843. The van der Waals surface area contributed by atoms with E-state index in [1.165, 1.54) is 0 Å². The molecule has 0 bridgehead atoms. The van der Waals surface area contributed by atoms with Crippen molar-refractivity contribution in [2.45, 2.75) is 18.2 Å². The van der Waals surface area contributed by atoms with Gasteiger partial charge in [0, 0.05) is 10.6 Å². The maximum atomic E-state index is 10.9. The maximum Gasteiger partial charge on any atom is 0.307 e. The highest BCUT2D eigenvalue weighted by Crippen LogP contribution is 2.28. The van der Waals surface area contributed by atoms with Gasteiger partial charge in [0.05, 0.1) is 12.1 Å². The minimum Gasteiger partial charge on any atom is -0.481 e. The Balaban J connectivity index is 2.33. The fraction of sp³-hybridized carbons (Fsp3) is 0.133. The van der Waals surface area contributed by atoms with Crippen LogP contribution in [0.1, 0.15) is 11.1 Å². The van der Waals surface area contributed by atoms with Crippen molar-refractivity contribution in [2.75, 3.05) is 5.32 Å². The van der Waals surface area contributed by atoms with Gasteiger partial charge in [-0.25, -0.2) is 0 Å². The van der Waals surface area contributed by atoms with Crippen LogP contribution in [0.5, 0.6) is 0 Å². The van der Waals surface area contributed by atoms with Crippen LogP contribution in [-0.4, -0.2) is 11.1 Å². The Morgan fingerprint density at radius 1 is 1.16 bits per heavy atom. The number of anilines is 2. The van der Waals surface area contributed by atoms with Gasteiger partial charge in [-0.05, 0) is 30.2 Å². The Morgan fingerprint density at radius 3 is 2.58 bits per heavy atom. The molecule has 98 valence electrons. The van der Waals surface area contributed by atoms with E-state index in [4.69, 9.17) is 5.11 Å². The van der Waals surface area contributed by atoms with E-state index < -0.39 is 5.97 Å². The van der Waals surface area contributed by atoms with E-state index in [1.807, 2.05) is 49.4 Å². The molecule has 0 unspecified atom stereocenters. The van der Waals surface area contributed by atoms with Gasteiger partial charge in [0.15, 0.2) is 0 Å². The molecule has 0 aliphatic rings. The molecular formula is C15H15NO2S. The van der Waals surface area contributed by atoms with Crippen LogP contribution < -0.4 is 5.32 Å². The summed E-state index contributed by atoms with van der Waals surface area (Å²) in [6, 6.07) is 13.2. The molecule has 0 saturated heterocycles. The van der Waals surface area contributed by atoms with Crippen molar-refractivity contribution >= 4 is 30.0 Å². The number of aryl methyl sites for hydroxylation is 1. The second-order valence-electron chi connectivity index (χ2n) is 4.32. The Morgan fingerprint density at radius 2 is 1.84 bits per heavy atom. The molecule has 0 aromatic heterocycles. The fourth-order valence-electron chi connectivity index (χ4n) is 1.86. The molecule has 2 aromatic rings. The van der Waals surface area contributed by atoms with Crippen molar-refractivity contribution in [3.63, 3.8) is 0 Å². The summed E-state index contributed by atoms with van der Waals surface area (Å²) >= 11 is 4.47. The standard InChI is InChI=1S/C15H15NO2S/c1-10-5-4-8-13(15(10)19)16-12-7-3-2-6-11(12)9-14(17)18/h2-8,16,19H,9H2,1H3,(H,17,18). The van der Waals surface area contributed by atoms with Crippen LogP contribution in [0.25, 0.3) is 0 Å². The molecule has 0 radical (unpaired) electrons. The normalized spacial score (nSPS) is 10.2. The molecule has 0 saturated carbocycles. The number of para-hydroxylation sites is 1. The first-order valence-electron chi connectivity index (χ1n) is 5.93. The van der Waals surface area contributed by atoms with Gasteiger partial charge in [-0.1, -0.05) is 30.3 Å². The Labute approximate surface area is 117 Å². The van der Waals surface area contributed by atoms with E-state index in [0.29, 0.717) is 0 Å². The second kappa shape index (κ2) is 5.80. The van der Waals surface area contributed by atoms with Crippen molar-refractivity contribution < 1.29 is 9.90 Å². The molecule has 0 aliphatic carbocycles. The quantitative estimate of drug-likeness (QED) is 0.745. The van der Waals surface area contributed by atoms with Gasteiger partial charge in [0.1, 0.15) is 0 Å². The highest BCUT2D eigenvalue weighted by atomic mass is 32.1. The predicted octanol–water partition coefficient (Wildman–Crippen LogP) is 3.65. The topological polar surface area (TPSA) is 49.3 Å². The lowest BCUT2D eigenvalue weighted by atomic mass is 10.1. The minimum absolute atomic E-state index is 0.00308. The summed E-state index contributed by atoms with van der Waals surface area (Å²) in [6.45, 7) is 1.98. The molecule has 0 amide bonds. The van der Waals surface area contributed by atoms with Crippen LogP contribution in [0.3, 0.4) is 0 Å². The number of carboxylic acid groups (broad SMARTS) is 1. The molecule has 2 aromatic carbocycles. The lowest BCUT2D eigenvalue weighted by Gasteiger charge is -2.13. The van der Waals surface area contributed by atoms with Gasteiger partial charge in [-0.2, -0.15) is 0 Å². The molecule has 3 nitrogen and oxygen atoms in total. The van der Waals surface area contributed by atoms with Gasteiger partial charge in [-0.15, -0.1) is 12.6 Å². The Kier molecular flexibility index (Phi) is 4.12. The van der Waals surface area contributed by atoms with E-state index in [0.717, 1.165) is 27.4 Å². The first-order valence-corrected chi connectivity index (χ1v) is 6.38. The summed E-state index contributed by atoms with van der Waals surface area (Å²) < 4.78 is 0. The minimum atomic E-state index is -0.843. The van der Waals surface area contributed by atoms with Crippen molar-refractivity contribution in [2.24, 2.45) is 0 Å². The smallest absolute Gasteiger partial charge is 0.307 e. The third kappa shape index (κ3) is 3.29. The number of carbonyl (C=O) groups is 1. The summed E-state index contributed by atoms with van der Waals surface area (Å²) in [4.78, 5) is 11.7. The summed E-state index contributed by atoms with van der Waals surface area (Å²) in [6.07, 6.45) is -0.00308. The van der Waals surface area contributed by atoms with Crippen molar-refractivity contribution in [3.05, 3.63) is 53.6 Å². The van der Waals surface area contributed by atoms with Gasteiger partial charge in [-0.3, -0.25) is 4.79 Å². The van der Waals surface area contributed by atoms with Crippen molar-refractivity contribution in [1.82, 2.24) is 0 Å². The first kappa shape index (κ1) is 13.5. The lowest BCUT2D eigenvalue weighted by Crippen LogP contribution is -2.04. The van der Waals surface area contributed by atoms with Crippen LogP contribution in [0.15, 0.2) is 47.4 Å². The second-order valence-corrected chi connectivity index (χ2v) is 4.77. The van der Waals surface area contributed by atoms with E-state index in [9.17, 15) is 4.79 Å². The Bertz CT molecular complexity index is 611. The largest absolute Gasteiger partial charge is 0.481 e. The maximum absolute atomic E-state index is 10.9. The number of carboxylic acids is 1. The average molecular weight is 273 g/mol. The summed E-state index contributed by atoms with van der Waals surface area (Å²) in [5.41, 5.74) is 3.50.